The SMILES string of the molecule is NCCSSNC(=O)C(F)(F)F. The zero-order valence-corrected chi connectivity index (χ0v) is 7.48. The van der Waals surface area contributed by atoms with Gasteiger partial charge in [-0.15, -0.1) is 0 Å². The third kappa shape index (κ3) is 5.56. The molecule has 1 amide bonds. The molecule has 0 fully saturated rings. The Hall–Kier alpha value is -0.0800. The van der Waals surface area contributed by atoms with E-state index in [0.717, 1.165) is 10.8 Å². The fraction of sp³-hybridized carbons (Fsp3) is 0.750. The standard InChI is InChI=1S/C4H7F3N2OS2/c5-4(6,7)3(10)9-12-11-2-1-8/h1-2,8H2,(H,9,10). The monoisotopic (exact) mass is 220 g/mol. The van der Waals surface area contributed by atoms with Crippen molar-refractivity contribution in [1.29, 1.82) is 0 Å². The lowest BCUT2D eigenvalue weighted by atomic mass is 10.6. The van der Waals surface area contributed by atoms with Crippen LogP contribution < -0.4 is 10.5 Å². The van der Waals surface area contributed by atoms with Crippen molar-refractivity contribution in [3.63, 3.8) is 0 Å². The third-order valence-electron chi connectivity index (χ3n) is 0.652. The van der Waals surface area contributed by atoms with Crippen LogP contribution in [-0.2, 0) is 4.79 Å². The molecule has 0 atom stereocenters. The molecule has 3 nitrogen and oxygen atoms in total. The average Bonchev–Trinajstić information content (AvgIpc) is 1.96. The first kappa shape index (κ1) is 11.9. The highest BCUT2D eigenvalue weighted by Gasteiger charge is 2.38. The lowest BCUT2D eigenvalue weighted by molar-refractivity contribution is -0.171. The molecule has 0 aliphatic carbocycles. The zero-order valence-electron chi connectivity index (χ0n) is 5.85. The van der Waals surface area contributed by atoms with E-state index >= 15 is 0 Å². The molecule has 0 aromatic carbocycles. The maximum atomic E-state index is 11.5. The van der Waals surface area contributed by atoms with Crippen LogP contribution in [0, 0.1) is 0 Å². The maximum Gasteiger partial charge on any atom is 0.472 e. The first-order valence-electron chi connectivity index (χ1n) is 2.84. The van der Waals surface area contributed by atoms with E-state index < -0.39 is 12.1 Å². The van der Waals surface area contributed by atoms with Crippen molar-refractivity contribution in [2.24, 2.45) is 5.73 Å². The zero-order chi connectivity index (χ0) is 9.61. The quantitative estimate of drug-likeness (QED) is 0.420. The van der Waals surface area contributed by atoms with Crippen molar-refractivity contribution in [2.45, 2.75) is 6.18 Å². The van der Waals surface area contributed by atoms with Gasteiger partial charge in [0.1, 0.15) is 0 Å². The van der Waals surface area contributed by atoms with Crippen molar-refractivity contribution >= 4 is 27.7 Å². The molecule has 0 saturated carbocycles. The summed E-state index contributed by atoms with van der Waals surface area (Å²) < 4.78 is 36.1. The molecule has 0 saturated heterocycles. The number of rotatable bonds is 4. The minimum atomic E-state index is -4.81. The summed E-state index contributed by atoms with van der Waals surface area (Å²) in [4.78, 5) is 10.1. The van der Waals surface area contributed by atoms with Crippen LogP contribution in [0.4, 0.5) is 13.2 Å². The second kappa shape index (κ2) is 5.55. The van der Waals surface area contributed by atoms with Crippen molar-refractivity contribution in [3.8, 4) is 0 Å². The smallest absolute Gasteiger partial charge is 0.330 e. The lowest BCUT2D eigenvalue weighted by Crippen LogP contribution is -2.32. The number of amides is 1. The Bertz CT molecular complexity index is 152. The number of nitrogens with one attached hydrogen (secondary N) is 1. The Morgan fingerprint density at radius 1 is 1.50 bits per heavy atom. The van der Waals surface area contributed by atoms with Gasteiger partial charge in [0.2, 0.25) is 0 Å². The summed E-state index contributed by atoms with van der Waals surface area (Å²) in [5.74, 6) is -1.46. The molecule has 0 bridgehead atoms. The van der Waals surface area contributed by atoms with Gasteiger partial charge >= 0.3 is 12.1 Å². The van der Waals surface area contributed by atoms with Crippen molar-refractivity contribution in [1.82, 2.24) is 4.72 Å². The summed E-state index contributed by atoms with van der Waals surface area (Å²) in [5, 5.41) is 0. The van der Waals surface area contributed by atoms with Crippen LogP contribution in [0.25, 0.3) is 0 Å². The van der Waals surface area contributed by atoms with Crippen LogP contribution in [0.2, 0.25) is 0 Å². The number of nitrogens with two attached hydrogens (primary N) is 1. The van der Waals surface area contributed by atoms with Crippen molar-refractivity contribution < 1.29 is 18.0 Å². The summed E-state index contributed by atoms with van der Waals surface area (Å²) in [7, 11) is 1.69. The lowest BCUT2D eigenvalue weighted by Gasteiger charge is -2.05. The number of hydrogen-bond donors (Lipinski definition) is 2. The van der Waals surface area contributed by atoms with E-state index in [1.165, 1.54) is 0 Å². The number of halogens is 3. The Morgan fingerprint density at radius 3 is 2.50 bits per heavy atom. The number of hydrogen-bond acceptors (Lipinski definition) is 4. The molecule has 0 heterocycles. The predicted molar refractivity (Wildman–Crippen MR) is 43.3 cm³/mol. The maximum absolute atomic E-state index is 11.5. The molecule has 0 aromatic heterocycles. The van der Waals surface area contributed by atoms with E-state index in [-0.39, 0.29) is 0 Å². The molecule has 0 aliphatic heterocycles. The molecular formula is C4H7F3N2OS2. The van der Waals surface area contributed by atoms with Gasteiger partial charge in [0, 0.05) is 23.3 Å². The van der Waals surface area contributed by atoms with Gasteiger partial charge in [-0.05, 0) is 0 Å². The molecule has 8 heteroatoms. The largest absolute Gasteiger partial charge is 0.472 e. The Labute approximate surface area is 75.2 Å². The summed E-state index contributed by atoms with van der Waals surface area (Å²) >= 11 is 0. The van der Waals surface area contributed by atoms with Gasteiger partial charge in [0.25, 0.3) is 0 Å². The molecule has 12 heavy (non-hydrogen) atoms. The molecule has 3 N–H and O–H groups in total. The number of carbonyl (C=O) groups is 1. The van der Waals surface area contributed by atoms with Crippen LogP contribution in [0.3, 0.4) is 0 Å². The predicted octanol–water partition coefficient (Wildman–Crippen LogP) is 0.920. The van der Waals surface area contributed by atoms with Gasteiger partial charge < -0.3 is 5.73 Å². The van der Waals surface area contributed by atoms with E-state index in [0.29, 0.717) is 23.3 Å². The van der Waals surface area contributed by atoms with E-state index in [2.05, 4.69) is 0 Å². The molecule has 0 rings (SSSR count). The Balaban J connectivity index is 3.45. The fourth-order valence-corrected chi connectivity index (χ4v) is 1.59. The van der Waals surface area contributed by atoms with Crippen LogP contribution >= 0.6 is 21.8 Å². The van der Waals surface area contributed by atoms with Crippen LogP contribution in [0.1, 0.15) is 0 Å². The molecule has 0 spiro atoms. The van der Waals surface area contributed by atoms with Gasteiger partial charge in [0.05, 0.1) is 0 Å². The second-order valence-electron chi connectivity index (χ2n) is 1.62. The molecule has 72 valence electrons. The minimum absolute atomic E-state index is 0.361. The van der Waals surface area contributed by atoms with Crippen molar-refractivity contribution in [2.75, 3.05) is 12.3 Å². The highest BCUT2D eigenvalue weighted by Crippen LogP contribution is 2.20. The summed E-state index contributed by atoms with van der Waals surface area (Å²) in [6, 6.07) is 0. The molecule has 0 unspecified atom stereocenters. The van der Waals surface area contributed by atoms with Gasteiger partial charge in [-0.25, -0.2) is 0 Å². The fourth-order valence-electron chi connectivity index (χ4n) is 0.215. The van der Waals surface area contributed by atoms with Gasteiger partial charge in [-0.1, -0.05) is 10.8 Å². The minimum Gasteiger partial charge on any atom is -0.330 e. The van der Waals surface area contributed by atoms with E-state index in [1.54, 1.807) is 4.72 Å². The summed E-state index contributed by atoms with van der Waals surface area (Å²) in [6.07, 6.45) is -4.81. The normalized spacial score (nSPS) is 11.3. The van der Waals surface area contributed by atoms with Crippen LogP contribution in [0.5, 0.6) is 0 Å². The highest BCUT2D eigenvalue weighted by molar-refractivity contribution is 8.76. The average molecular weight is 220 g/mol. The van der Waals surface area contributed by atoms with Gasteiger partial charge in [-0.3, -0.25) is 9.52 Å². The van der Waals surface area contributed by atoms with E-state index in [4.69, 9.17) is 5.73 Å². The first-order chi connectivity index (χ1) is 5.48. The first-order valence-corrected chi connectivity index (χ1v) is 5.16. The summed E-state index contributed by atoms with van der Waals surface area (Å²) in [6.45, 7) is 0.361. The van der Waals surface area contributed by atoms with Crippen LogP contribution in [-0.4, -0.2) is 24.4 Å². The Morgan fingerprint density at radius 2 is 2.08 bits per heavy atom. The Kier molecular flexibility index (Phi) is 5.51. The number of alkyl halides is 3. The van der Waals surface area contributed by atoms with Crippen LogP contribution in [0.15, 0.2) is 0 Å². The van der Waals surface area contributed by atoms with E-state index in [9.17, 15) is 18.0 Å². The molecular weight excluding hydrogens is 213 g/mol. The molecule has 0 aromatic rings. The summed E-state index contributed by atoms with van der Waals surface area (Å²) in [5.41, 5.74) is 5.06. The molecule has 0 aliphatic rings. The highest BCUT2D eigenvalue weighted by atomic mass is 33.1. The van der Waals surface area contributed by atoms with Crippen molar-refractivity contribution in [3.05, 3.63) is 0 Å². The topological polar surface area (TPSA) is 55.1 Å². The van der Waals surface area contributed by atoms with Gasteiger partial charge in [0.15, 0.2) is 0 Å². The number of carbonyl (C=O) groups excluding carboxylic acids is 1. The molecule has 0 radical (unpaired) electrons. The van der Waals surface area contributed by atoms with E-state index in [1.807, 2.05) is 0 Å². The van der Waals surface area contributed by atoms with Gasteiger partial charge in [-0.2, -0.15) is 13.2 Å². The third-order valence-corrected chi connectivity index (χ3v) is 2.54. The second-order valence-corrected chi connectivity index (χ2v) is 3.84.